The van der Waals surface area contributed by atoms with E-state index in [1.807, 2.05) is 0 Å². The Morgan fingerprint density at radius 2 is 1.83 bits per heavy atom. The fourth-order valence-corrected chi connectivity index (χ4v) is 4.27. The van der Waals surface area contributed by atoms with Crippen LogP contribution in [0.25, 0.3) is 0 Å². The van der Waals surface area contributed by atoms with Gasteiger partial charge in [0, 0.05) is 45.2 Å². The fraction of sp³-hybridized carbons (Fsp3) is 0.632. The molecule has 5 nitrogen and oxygen atoms in total. The number of carbonyl (C=O) groups is 1. The number of benzene rings is 1. The topological polar surface area (TPSA) is 64.0 Å². The van der Waals surface area contributed by atoms with Crippen LogP contribution in [-0.2, 0) is 11.3 Å². The molecule has 2 saturated heterocycles. The molecule has 2 atom stereocenters. The largest absolute Gasteiger partial charge is 0.481 e. The van der Waals surface area contributed by atoms with E-state index in [0.717, 1.165) is 19.6 Å². The van der Waals surface area contributed by atoms with Crippen LogP contribution in [-0.4, -0.2) is 65.3 Å². The molecule has 0 amide bonds. The fourth-order valence-electron chi connectivity index (χ4n) is 4.27. The molecular weight excluding hydrogens is 304 g/mol. The lowest BCUT2D eigenvalue weighted by molar-refractivity contribution is -0.149. The molecule has 1 aromatic rings. The van der Waals surface area contributed by atoms with Crippen LogP contribution >= 0.6 is 0 Å². The maximum atomic E-state index is 12.0. The van der Waals surface area contributed by atoms with Crippen LogP contribution in [0.2, 0.25) is 0 Å². The van der Waals surface area contributed by atoms with Gasteiger partial charge in [-0.05, 0) is 17.0 Å². The third kappa shape index (κ3) is 3.21. The molecule has 24 heavy (non-hydrogen) atoms. The van der Waals surface area contributed by atoms with E-state index in [1.165, 1.54) is 11.1 Å². The molecule has 5 heteroatoms. The first-order chi connectivity index (χ1) is 11.4. The number of fused-ring (bicyclic) bond motifs is 1. The van der Waals surface area contributed by atoms with Crippen LogP contribution in [0.3, 0.4) is 0 Å². The van der Waals surface area contributed by atoms with E-state index in [4.69, 9.17) is 5.11 Å². The smallest absolute Gasteiger partial charge is 0.312 e. The summed E-state index contributed by atoms with van der Waals surface area (Å²) in [5.41, 5.74) is 1.90. The van der Waals surface area contributed by atoms with E-state index >= 15 is 0 Å². The number of likely N-dealkylation sites (tertiary alicyclic amines) is 2. The van der Waals surface area contributed by atoms with Crippen molar-refractivity contribution < 1.29 is 15.0 Å². The van der Waals surface area contributed by atoms with Gasteiger partial charge >= 0.3 is 5.97 Å². The van der Waals surface area contributed by atoms with Gasteiger partial charge in [-0.1, -0.05) is 38.1 Å². The van der Waals surface area contributed by atoms with Crippen LogP contribution in [0.5, 0.6) is 0 Å². The van der Waals surface area contributed by atoms with E-state index in [0.29, 0.717) is 25.6 Å². The van der Waals surface area contributed by atoms with E-state index < -0.39 is 11.4 Å². The van der Waals surface area contributed by atoms with Gasteiger partial charge in [0.25, 0.3) is 0 Å². The molecule has 2 N–H and O–H groups in total. The zero-order valence-corrected chi connectivity index (χ0v) is 14.6. The molecule has 1 aromatic carbocycles. The van der Waals surface area contributed by atoms with Crippen LogP contribution in [0.15, 0.2) is 24.3 Å². The van der Waals surface area contributed by atoms with Crippen LogP contribution in [0.4, 0.5) is 0 Å². The standard InChI is InChI=1S/C19H28N2O3/c1-14(2)16-5-3-15(4-6-16)9-21-11-17-10-20(7-8-22)12-19(17,13-21)18(23)24/h3-6,14,17,22H,7-13H2,1-2H3,(H,23,24)/t17-,19-/m1/s1. The van der Waals surface area contributed by atoms with Crippen molar-refractivity contribution >= 4 is 5.97 Å². The van der Waals surface area contributed by atoms with Gasteiger partial charge < -0.3 is 10.2 Å². The summed E-state index contributed by atoms with van der Waals surface area (Å²) in [5, 5.41) is 18.9. The van der Waals surface area contributed by atoms with Gasteiger partial charge in [-0.3, -0.25) is 14.6 Å². The highest BCUT2D eigenvalue weighted by atomic mass is 16.4. The number of aliphatic hydroxyl groups is 1. The number of carboxylic acids is 1. The Morgan fingerprint density at radius 3 is 2.38 bits per heavy atom. The SMILES string of the molecule is CC(C)c1ccc(CN2C[C@H]3CN(CCO)C[C@@]3(C(=O)O)C2)cc1. The number of β-amino-alcohol motifs (C(OH)–C–C–N with tert-alkyl or cyclic N) is 1. The molecule has 0 aliphatic carbocycles. The number of rotatable bonds is 6. The zero-order chi connectivity index (χ0) is 17.3. The predicted octanol–water partition coefficient (Wildman–Crippen LogP) is 1.62. The Morgan fingerprint density at radius 1 is 1.21 bits per heavy atom. The van der Waals surface area contributed by atoms with Crippen molar-refractivity contribution in [3.63, 3.8) is 0 Å². The van der Waals surface area contributed by atoms with Gasteiger partial charge in [0.15, 0.2) is 0 Å². The molecule has 2 fully saturated rings. The van der Waals surface area contributed by atoms with Gasteiger partial charge in [0.2, 0.25) is 0 Å². The Hall–Kier alpha value is -1.43. The van der Waals surface area contributed by atoms with Crippen LogP contribution in [0, 0.1) is 11.3 Å². The minimum Gasteiger partial charge on any atom is -0.481 e. The normalized spacial score (nSPS) is 27.8. The van der Waals surface area contributed by atoms with Gasteiger partial charge in [0.05, 0.1) is 12.0 Å². The van der Waals surface area contributed by atoms with Gasteiger partial charge in [0.1, 0.15) is 0 Å². The zero-order valence-electron chi connectivity index (χ0n) is 14.6. The number of nitrogens with zero attached hydrogens (tertiary/aromatic N) is 2. The van der Waals surface area contributed by atoms with Crippen LogP contribution < -0.4 is 0 Å². The molecule has 2 aliphatic heterocycles. The van der Waals surface area contributed by atoms with Crippen molar-refractivity contribution in [3.05, 3.63) is 35.4 Å². The lowest BCUT2D eigenvalue weighted by atomic mass is 9.81. The van der Waals surface area contributed by atoms with E-state index in [1.54, 1.807) is 0 Å². The van der Waals surface area contributed by atoms with E-state index in [-0.39, 0.29) is 12.5 Å². The summed E-state index contributed by atoms with van der Waals surface area (Å²) in [7, 11) is 0. The first kappa shape index (κ1) is 17.4. The summed E-state index contributed by atoms with van der Waals surface area (Å²) in [6.07, 6.45) is 0. The average molecular weight is 332 g/mol. The van der Waals surface area contributed by atoms with Crippen molar-refractivity contribution in [2.45, 2.75) is 26.3 Å². The maximum absolute atomic E-state index is 12.0. The highest BCUT2D eigenvalue weighted by Crippen LogP contribution is 2.43. The van der Waals surface area contributed by atoms with Crippen molar-refractivity contribution in [3.8, 4) is 0 Å². The summed E-state index contributed by atoms with van der Waals surface area (Å²) in [5.74, 6) is -0.0138. The Bertz CT molecular complexity index is 587. The first-order valence-electron chi connectivity index (χ1n) is 8.82. The summed E-state index contributed by atoms with van der Waals surface area (Å²) in [6.45, 7) is 8.59. The number of hydrogen-bond acceptors (Lipinski definition) is 4. The van der Waals surface area contributed by atoms with Crippen molar-refractivity contribution in [2.75, 3.05) is 39.3 Å². The quantitative estimate of drug-likeness (QED) is 0.829. The second-order valence-electron chi connectivity index (χ2n) is 7.68. The lowest BCUT2D eigenvalue weighted by Crippen LogP contribution is -2.41. The van der Waals surface area contributed by atoms with Gasteiger partial charge in [-0.25, -0.2) is 0 Å². The van der Waals surface area contributed by atoms with Crippen molar-refractivity contribution in [1.29, 1.82) is 0 Å². The molecule has 3 rings (SSSR count). The third-order valence-electron chi connectivity index (χ3n) is 5.64. The molecule has 0 spiro atoms. The summed E-state index contributed by atoms with van der Waals surface area (Å²) < 4.78 is 0. The molecule has 0 radical (unpaired) electrons. The van der Waals surface area contributed by atoms with E-state index in [2.05, 4.69) is 47.9 Å². The van der Waals surface area contributed by atoms with Gasteiger partial charge in [-0.15, -0.1) is 0 Å². The predicted molar refractivity (Wildman–Crippen MR) is 92.9 cm³/mol. The molecule has 0 saturated carbocycles. The monoisotopic (exact) mass is 332 g/mol. The van der Waals surface area contributed by atoms with Crippen molar-refractivity contribution in [1.82, 2.24) is 9.80 Å². The molecule has 0 unspecified atom stereocenters. The Kier molecular flexibility index (Phi) is 4.95. The number of aliphatic hydroxyl groups excluding tert-OH is 1. The molecular formula is C19H28N2O3. The highest BCUT2D eigenvalue weighted by molar-refractivity contribution is 5.77. The molecule has 0 bridgehead atoms. The summed E-state index contributed by atoms with van der Waals surface area (Å²) in [6, 6.07) is 8.67. The first-order valence-corrected chi connectivity index (χ1v) is 8.82. The summed E-state index contributed by atoms with van der Waals surface area (Å²) in [4.78, 5) is 16.3. The number of carboxylic acid groups (broad SMARTS) is 1. The molecule has 2 heterocycles. The molecule has 132 valence electrons. The minimum atomic E-state index is -0.689. The number of aliphatic carboxylic acids is 1. The van der Waals surface area contributed by atoms with Gasteiger partial charge in [-0.2, -0.15) is 0 Å². The second-order valence-corrected chi connectivity index (χ2v) is 7.68. The second kappa shape index (κ2) is 6.82. The minimum absolute atomic E-state index is 0.0916. The highest BCUT2D eigenvalue weighted by Gasteiger charge is 2.57. The van der Waals surface area contributed by atoms with E-state index in [9.17, 15) is 9.90 Å². The van der Waals surface area contributed by atoms with Crippen molar-refractivity contribution in [2.24, 2.45) is 11.3 Å². The Balaban J connectivity index is 1.67. The Labute approximate surface area is 143 Å². The molecule has 2 aliphatic rings. The summed E-state index contributed by atoms with van der Waals surface area (Å²) >= 11 is 0. The molecule has 0 aromatic heterocycles. The maximum Gasteiger partial charge on any atom is 0.312 e. The van der Waals surface area contributed by atoms with Crippen LogP contribution in [0.1, 0.15) is 30.9 Å². The third-order valence-corrected chi connectivity index (χ3v) is 5.64. The number of hydrogen-bond donors (Lipinski definition) is 2. The average Bonchev–Trinajstić information content (AvgIpc) is 3.02. The lowest BCUT2D eigenvalue weighted by Gasteiger charge is -2.25.